The first kappa shape index (κ1) is 22.7. The van der Waals surface area contributed by atoms with Gasteiger partial charge in [0.05, 0.1) is 25.3 Å². The molecule has 3 aromatic rings. The second-order valence-corrected chi connectivity index (χ2v) is 9.98. The largest absolute Gasteiger partial charge is 0.507 e. The maximum absolute atomic E-state index is 13.2. The molecule has 1 unspecified atom stereocenters. The van der Waals surface area contributed by atoms with Crippen LogP contribution in [0.5, 0.6) is 5.75 Å². The lowest BCUT2D eigenvalue weighted by Crippen LogP contribution is -2.28. The zero-order chi connectivity index (χ0) is 23.8. The number of ketones is 1. The van der Waals surface area contributed by atoms with Crippen LogP contribution in [-0.2, 0) is 21.5 Å². The Morgan fingerprint density at radius 3 is 2.48 bits per heavy atom. The highest BCUT2D eigenvalue weighted by atomic mass is 32.1. The van der Waals surface area contributed by atoms with E-state index in [1.165, 1.54) is 16.2 Å². The lowest BCUT2D eigenvalue weighted by molar-refractivity contribution is -0.140. The lowest BCUT2D eigenvalue weighted by atomic mass is 9.84. The van der Waals surface area contributed by atoms with E-state index in [4.69, 9.17) is 4.74 Å². The molecule has 33 heavy (non-hydrogen) atoms. The van der Waals surface area contributed by atoms with Gasteiger partial charge in [-0.3, -0.25) is 14.6 Å². The number of benzene rings is 1. The molecule has 1 aliphatic heterocycles. The summed E-state index contributed by atoms with van der Waals surface area (Å²) in [5, 5.41) is 13.3. The molecule has 1 amide bonds. The van der Waals surface area contributed by atoms with Crippen molar-refractivity contribution in [1.29, 1.82) is 0 Å². The molecule has 0 spiro atoms. The van der Waals surface area contributed by atoms with Crippen molar-refractivity contribution in [3.63, 3.8) is 0 Å². The second-order valence-electron chi connectivity index (χ2n) is 8.95. The van der Waals surface area contributed by atoms with Crippen LogP contribution in [0.25, 0.3) is 5.76 Å². The first-order valence-electron chi connectivity index (χ1n) is 10.6. The van der Waals surface area contributed by atoms with Crippen LogP contribution in [0.3, 0.4) is 0 Å². The van der Waals surface area contributed by atoms with Crippen molar-refractivity contribution in [3.8, 4) is 5.75 Å². The zero-order valence-corrected chi connectivity index (χ0v) is 19.8. The fraction of sp³-hybridized carbons (Fsp3) is 0.269. The van der Waals surface area contributed by atoms with Crippen molar-refractivity contribution in [3.05, 3.63) is 87.4 Å². The van der Waals surface area contributed by atoms with E-state index in [0.29, 0.717) is 16.9 Å². The molecule has 0 aliphatic carbocycles. The number of hydrogen-bond acceptors (Lipinski definition) is 6. The maximum Gasteiger partial charge on any atom is 0.295 e. The topological polar surface area (TPSA) is 79.7 Å². The third-order valence-corrected chi connectivity index (χ3v) is 6.61. The molecule has 6 nitrogen and oxygen atoms in total. The number of amides is 1. The molecule has 170 valence electrons. The number of rotatable bonds is 5. The molecule has 3 heterocycles. The van der Waals surface area contributed by atoms with E-state index < -0.39 is 17.7 Å². The molecule has 1 fully saturated rings. The number of Topliss-reactive ketones (excluding diaryl/α,β-unsaturated/α-hetero) is 1. The first-order chi connectivity index (χ1) is 15.7. The Bertz CT molecular complexity index is 1210. The van der Waals surface area contributed by atoms with E-state index in [2.05, 4.69) is 4.98 Å². The summed E-state index contributed by atoms with van der Waals surface area (Å²) in [6, 6.07) is 12.0. The molecule has 2 aromatic heterocycles. The van der Waals surface area contributed by atoms with Gasteiger partial charge < -0.3 is 14.7 Å². The fourth-order valence-electron chi connectivity index (χ4n) is 4.10. The monoisotopic (exact) mass is 462 g/mol. The minimum atomic E-state index is -0.713. The van der Waals surface area contributed by atoms with Crippen LogP contribution in [0, 0.1) is 0 Å². The first-order valence-corrected chi connectivity index (χ1v) is 11.5. The molecular weight excluding hydrogens is 436 g/mol. The summed E-state index contributed by atoms with van der Waals surface area (Å²) >= 11 is 1.52. The third-order valence-electron chi connectivity index (χ3n) is 5.75. The van der Waals surface area contributed by atoms with Gasteiger partial charge in [0.25, 0.3) is 11.7 Å². The molecule has 1 aliphatic rings. The van der Waals surface area contributed by atoms with Gasteiger partial charge in [-0.05, 0) is 52.8 Å². The number of carbonyl (C=O) groups excluding carboxylic acids is 2. The van der Waals surface area contributed by atoms with Gasteiger partial charge in [0, 0.05) is 28.4 Å². The summed E-state index contributed by atoms with van der Waals surface area (Å²) in [6.45, 7) is 6.42. The number of pyridine rings is 1. The molecule has 0 radical (unpaired) electrons. The van der Waals surface area contributed by atoms with Crippen LogP contribution < -0.4 is 4.74 Å². The summed E-state index contributed by atoms with van der Waals surface area (Å²) in [6.07, 6.45) is 3.23. The van der Waals surface area contributed by atoms with Gasteiger partial charge in [0.1, 0.15) is 11.5 Å². The standard InChI is InChI=1S/C26H26N2O4S/c1-26(2,3)19-14-17(7-8-20(19)32-4)23(29)21-22(16-9-11-27-12-10-16)28(25(31)24(21)30)15-18-6-5-13-33-18/h5-14,22,29H,15H2,1-4H3/b23-21-. The molecule has 1 aromatic carbocycles. The van der Waals surface area contributed by atoms with Crippen LogP contribution in [-0.4, -0.2) is 33.8 Å². The molecule has 4 rings (SSSR count). The second kappa shape index (κ2) is 8.83. The average molecular weight is 463 g/mol. The van der Waals surface area contributed by atoms with Crippen molar-refractivity contribution in [2.75, 3.05) is 7.11 Å². The van der Waals surface area contributed by atoms with Crippen LogP contribution >= 0.6 is 11.3 Å². The predicted octanol–water partition coefficient (Wildman–Crippen LogP) is 5.07. The van der Waals surface area contributed by atoms with Gasteiger partial charge >= 0.3 is 0 Å². The number of aliphatic hydroxyl groups is 1. The van der Waals surface area contributed by atoms with Gasteiger partial charge in [-0.1, -0.05) is 26.8 Å². The minimum absolute atomic E-state index is 0.0767. The Balaban J connectivity index is 1.88. The maximum atomic E-state index is 13.2. The average Bonchev–Trinajstić information content (AvgIpc) is 3.40. The summed E-state index contributed by atoms with van der Waals surface area (Å²) in [5.41, 5.74) is 1.90. The van der Waals surface area contributed by atoms with E-state index in [-0.39, 0.29) is 23.3 Å². The van der Waals surface area contributed by atoms with Crippen molar-refractivity contribution >= 4 is 28.8 Å². The van der Waals surface area contributed by atoms with Crippen molar-refractivity contribution in [2.24, 2.45) is 0 Å². The SMILES string of the molecule is COc1ccc(/C(O)=C2/C(=O)C(=O)N(Cc3cccs3)C2c2ccncc2)cc1C(C)(C)C. The van der Waals surface area contributed by atoms with Crippen LogP contribution in [0.1, 0.15) is 48.4 Å². The van der Waals surface area contributed by atoms with Gasteiger partial charge in [0.15, 0.2) is 0 Å². The molecular formula is C26H26N2O4S. The number of methoxy groups -OCH3 is 1. The molecule has 1 N–H and O–H groups in total. The summed E-state index contributed by atoms with van der Waals surface area (Å²) in [7, 11) is 1.60. The number of hydrogen-bond donors (Lipinski definition) is 1. The highest BCUT2D eigenvalue weighted by Crippen LogP contribution is 2.41. The number of carbonyl (C=O) groups is 2. The molecule has 1 atom stereocenters. The van der Waals surface area contributed by atoms with E-state index >= 15 is 0 Å². The smallest absolute Gasteiger partial charge is 0.295 e. The van der Waals surface area contributed by atoms with E-state index in [1.54, 1.807) is 43.8 Å². The van der Waals surface area contributed by atoms with Gasteiger partial charge in [-0.15, -0.1) is 11.3 Å². The van der Waals surface area contributed by atoms with Crippen molar-refractivity contribution in [1.82, 2.24) is 9.88 Å². The number of aliphatic hydroxyl groups excluding tert-OH is 1. The zero-order valence-electron chi connectivity index (χ0n) is 19.0. The number of ether oxygens (including phenoxy) is 1. The van der Waals surface area contributed by atoms with Gasteiger partial charge in [-0.2, -0.15) is 0 Å². The van der Waals surface area contributed by atoms with Crippen molar-refractivity contribution in [2.45, 2.75) is 38.8 Å². The highest BCUT2D eigenvalue weighted by Gasteiger charge is 2.46. The number of likely N-dealkylation sites (tertiary alicyclic amines) is 1. The van der Waals surface area contributed by atoms with Crippen LogP contribution in [0.15, 0.2) is 65.8 Å². The third kappa shape index (κ3) is 4.28. The Kier molecular flexibility index (Phi) is 6.08. The van der Waals surface area contributed by atoms with E-state index in [9.17, 15) is 14.7 Å². The Hall–Kier alpha value is -3.45. The normalized spacial score (nSPS) is 18.1. The van der Waals surface area contributed by atoms with Crippen LogP contribution in [0.2, 0.25) is 0 Å². The molecule has 0 saturated carbocycles. The quantitative estimate of drug-likeness (QED) is 0.325. The molecule has 1 saturated heterocycles. The summed E-state index contributed by atoms with van der Waals surface area (Å²) in [5.74, 6) is -0.824. The molecule has 7 heteroatoms. The minimum Gasteiger partial charge on any atom is -0.507 e. The van der Waals surface area contributed by atoms with Gasteiger partial charge in [0.2, 0.25) is 0 Å². The lowest BCUT2D eigenvalue weighted by Gasteiger charge is -2.25. The summed E-state index contributed by atoms with van der Waals surface area (Å²) in [4.78, 5) is 32.8. The Labute approximate surface area is 197 Å². The predicted molar refractivity (Wildman–Crippen MR) is 128 cm³/mol. The summed E-state index contributed by atoms with van der Waals surface area (Å²) < 4.78 is 5.50. The number of nitrogens with zero attached hydrogens (tertiary/aromatic N) is 2. The Morgan fingerprint density at radius 2 is 1.88 bits per heavy atom. The van der Waals surface area contributed by atoms with Gasteiger partial charge in [-0.25, -0.2) is 0 Å². The number of thiophene rings is 1. The highest BCUT2D eigenvalue weighted by molar-refractivity contribution is 7.09. The van der Waals surface area contributed by atoms with E-state index in [1.807, 2.05) is 44.4 Å². The Morgan fingerprint density at radius 1 is 1.15 bits per heavy atom. The van der Waals surface area contributed by atoms with Crippen LogP contribution in [0.4, 0.5) is 0 Å². The van der Waals surface area contributed by atoms with Crippen molar-refractivity contribution < 1.29 is 19.4 Å². The van der Waals surface area contributed by atoms with E-state index in [0.717, 1.165) is 10.4 Å². The number of aromatic nitrogens is 1. The fourth-order valence-corrected chi connectivity index (χ4v) is 4.81. The molecule has 0 bridgehead atoms.